The third-order valence-corrected chi connectivity index (χ3v) is 1.76. The van der Waals surface area contributed by atoms with Crippen LogP contribution in [0.5, 0.6) is 0 Å². The molecular weight excluding hydrogens is 196 g/mol. The number of nitrogens with zero attached hydrogens (tertiary/aromatic N) is 1. The number of carbonyl (C=O) groups is 2. The molecule has 0 aliphatic carbocycles. The summed E-state index contributed by atoms with van der Waals surface area (Å²) < 4.78 is 0. The molecule has 86 valence electrons. The summed E-state index contributed by atoms with van der Waals surface area (Å²) in [5, 5.41) is 10.7. The molecule has 2 N–H and O–H groups in total. The zero-order chi connectivity index (χ0) is 12.1. The summed E-state index contributed by atoms with van der Waals surface area (Å²) >= 11 is 0. The Morgan fingerprint density at radius 2 is 2.00 bits per heavy atom. The first-order valence-electron chi connectivity index (χ1n) is 4.67. The maximum Gasteiger partial charge on any atom is 0.323 e. The van der Waals surface area contributed by atoms with E-state index in [4.69, 9.17) is 5.11 Å². The van der Waals surface area contributed by atoms with Crippen molar-refractivity contribution >= 4 is 12.0 Å². The molecule has 0 aliphatic heterocycles. The standard InChI is InChI=1S/C10H18N2O3/c1-5-6-12(10(2,3)4)9(15)11-7-8(13)14/h5H,1,6-7H2,2-4H3,(H,11,15)(H,13,14). The smallest absolute Gasteiger partial charge is 0.323 e. The molecule has 2 amide bonds. The second-order valence-electron chi connectivity index (χ2n) is 4.12. The van der Waals surface area contributed by atoms with Gasteiger partial charge in [-0.3, -0.25) is 4.79 Å². The summed E-state index contributed by atoms with van der Waals surface area (Å²) in [6.45, 7) is 9.18. The van der Waals surface area contributed by atoms with E-state index in [1.807, 2.05) is 20.8 Å². The minimum Gasteiger partial charge on any atom is -0.480 e. The van der Waals surface area contributed by atoms with Crippen molar-refractivity contribution < 1.29 is 14.7 Å². The predicted octanol–water partition coefficient (Wildman–Crippen LogP) is 1.07. The van der Waals surface area contributed by atoms with Crippen molar-refractivity contribution in [1.82, 2.24) is 10.2 Å². The number of carboxylic acids is 1. The van der Waals surface area contributed by atoms with Gasteiger partial charge in [0, 0.05) is 12.1 Å². The molecule has 5 nitrogen and oxygen atoms in total. The quantitative estimate of drug-likeness (QED) is 0.688. The van der Waals surface area contributed by atoms with Crippen LogP contribution in [0.1, 0.15) is 20.8 Å². The van der Waals surface area contributed by atoms with Crippen LogP contribution in [-0.4, -0.2) is 40.6 Å². The van der Waals surface area contributed by atoms with E-state index in [0.717, 1.165) is 0 Å². The lowest BCUT2D eigenvalue weighted by atomic mass is 10.1. The van der Waals surface area contributed by atoms with Gasteiger partial charge in [-0.15, -0.1) is 6.58 Å². The molecule has 0 aliphatic rings. The Kier molecular flexibility index (Phi) is 4.84. The van der Waals surface area contributed by atoms with Crippen molar-refractivity contribution in [3.05, 3.63) is 12.7 Å². The van der Waals surface area contributed by atoms with Gasteiger partial charge < -0.3 is 15.3 Å². The third kappa shape index (κ3) is 5.05. The minimum atomic E-state index is -1.06. The lowest BCUT2D eigenvalue weighted by Gasteiger charge is -2.34. The van der Waals surface area contributed by atoms with Gasteiger partial charge >= 0.3 is 12.0 Å². The number of hydrogen-bond acceptors (Lipinski definition) is 2. The highest BCUT2D eigenvalue weighted by Crippen LogP contribution is 2.12. The molecule has 0 fully saturated rings. The highest BCUT2D eigenvalue weighted by atomic mass is 16.4. The highest BCUT2D eigenvalue weighted by Gasteiger charge is 2.25. The fraction of sp³-hybridized carbons (Fsp3) is 0.600. The summed E-state index contributed by atoms with van der Waals surface area (Å²) in [7, 11) is 0. The van der Waals surface area contributed by atoms with Crippen molar-refractivity contribution in [1.29, 1.82) is 0 Å². The van der Waals surface area contributed by atoms with Gasteiger partial charge in [-0.1, -0.05) is 6.08 Å². The average Bonchev–Trinajstić information content (AvgIpc) is 2.08. The summed E-state index contributed by atoms with van der Waals surface area (Å²) in [5.41, 5.74) is -0.364. The monoisotopic (exact) mass is 214 g/mol. The maximum absolute atomic E-state index is 11.6. The lowest BCUT2D eigenvalue weighted by Crippen LogP contribution is -2.51. The van der Waals surface area contributed by atoms with Crippen molar-refractivity contribution in [2.75, 3.05) is 13.1 Å². The largest absolute Gasteiger partial charge is 0.480 e. The van der Waals surface area contributed by atoms with Gasteiger partial charge in [-0.2, -0.15) is 0 Å². The number of rotatable bonds is 4. The van der Waals surface area contributed by atoms with Gasteiger partial charge in [0.25, 0.3) is 0 Å². The number of carbonyl (C=O) groups excluding carboxylic acids is 1. The first-order valence-corrected chi connectivity index (χ1v) is 4.67. The van der Waals surface area contributed by atoms with E-state index < -0.39 is 12.0 Å². The molecule has 0 saturated carbocycles. The number of urea groups is 1. The molecule has 0 aromatic carbocycles. The van der Waals surface area contributed by atoms with Crippen LogP contribution in [0, 0.1) is 0 Å². The number of nitrogens with one attached hydrogen (secondary N) is 1. The van der Waals surface area contributed by atoms with Crippen LogP contribution in [0.15, 0.2) is 12.7 Å². The molecule has 0 spiro atoms. The van der Waals surface area contributed by atoms with Crippen LogP contribution in [-0.2, 0) is 4.79 Å². The Morgan fingerprint density at radius 3 is 2.33 bits per heavy atom. The van der Waals surface area contributed by atoms with Gasteiger partial charge in [0.05, 0.1) is 0 Å². The second kappa shape index (κ2) is 5.38. The van der Waals surface area contributed by atoms with Gasteiger partial charge in [-0.25, -0.2) is 4.79 Å². The van der Waals surface area contributed by atoms with Crippen LogP contribution in [0.3, 0.4) is 0 Å². The molecular formula is C10H18N2O3. The summed E-state index contributed by atoms with van der Waals surface area (Å²) in [6.07, 6.45) is 1.60. The summed E-state index contributed by atoms with van der Waals surface area (Å²) in [6, 6.07) is -0.398. The zero-order valence-corrected chi connectivity index (χ0v) is 9.41. The minimum absolute atomic E-state index is 0.364. The molecule has 15 heavy (non-hydrogen) atoms. The Morgan fingerprint density at radius 1 is 1.47 bits per heavy atom. The normalized spacial score (nSPS) is 10.6. The number of aliphatic carboxylic acids is 1. The average molecular weight is 214 g/mol. The van der Waals surface area contributed by atoms with Crippen molar-refractivity contribution in [3.63, 3.8) is 0 Å². The summed E-state index contributed by atoms with van der Waals surface area (Å²) in [5.74, 6) is -1.06. The molecule has 0 aromatic rings. The molecule has 5 heteroatoms. The molecule has 0 atom stereocenters. The Hall–Kier alpha value is -1.52. The van der Waals surface area contributed by atoms with Crippen molar-refractivity contribution in [3.8, 4) is 0 Å². The van der Waals surface area contributed by atoms with E-state index >= 15 is 0 Å². The van der Waals surface area contributed by atoms with Crippen LogP contribution in [0.25, 0.3) is 0 Å². The number of hydrogen-bond donors (Lipinski definition) is 2. The predicted molar refractivity (Wildman–Crippen MR) is 57.7 cm³/mol. The third-order valence-electron chi connectivity index (χ3n) is 1.76. The van der Waals surface area contributed by atoms with E-state index in [9.17, 15) is 9.59 Å². The fourth-order valence-corrected chi connectivity index (χ4v) is 1.04. The van der Waals surface area contributed by atoms with Gasteiger partial charge in [0.2, 0.25) is 0 Å². The van der Waals surface area contributed by atoms with Crippen LogP contribution >= 0.6 is 0 Å². The second-order valence-corrected chi connectivity index (χ2v) is 4.12. The van der Waals surface area contributed by atoms with Crippen molar-refractivity contribution in [2.45, 2.75) is 26.3 Å². The van der Waals surface area contributed by atoms with Crippen LogP contribution in [0.2, 0.25) is 0 Å². The Balaban J connectivity index is 4.43. The lowest BCUT2D eigenvalue weighted by molar-refractivity contribution is -0.135. The Labute approximate surface area is 89.8 Å². The van der Waals surface area contributed by atoms with Crippen LogP contribution < -0.4 is 5.32 Å². The van der Waals surface area contributed by atoms with E-state index in [1.54, 1.807) is 6.08 Å². The highest BCUT2D eigenvalue weighted by molar-refractivity contribution is 5.80. The zero-order valence-electron chi connectivity index (χ0n) is 9.41. The topological polar surface area (TPSA) is 69.6 Å². The van der Waals surface area contributed by atoms with E-state index in [-0.39, 0.29) is 12.1 Å². The number of amides is 2. The molecule has 0 aromatic heterocycles. The molecule has 0 radical (unpaired) electrons. The van der Waals surface area contributed by atoms with E-state index in [0.29, 0.717) is 6.54 Å². The number of carboxylic acid groups (broad SMARTS) is 1. The SMILES string of the molecule is C=CCN(C(=O)NCC(=O)O)C(C)(C)C. The van der Waals surface area contributed by atoms with E-state index in [2.05, 4.69) is 11.9 Å². The fourth-order valence-electron chi connectivity index (χ4n) is 1.04. The Bertz CT molecular complexity index is 256. The summed E-state index contributed by atoms with van der Waals surface area (Å²) in [4.78, 5) is 23.4. The van der Waals surface area contributed by atoms with E-state index in [1.165, 1.54) is 4.90 Å². The molecule has 0 saturated heterocycles. The maximum atomic E-state index is 11.6. The molecule has 0 rings (SSSR count). The van der Waals surface area contributed by atoms with Gasteiger partial charge in [0.15, 0.2) is 0 Å². The molecule has 0 heterocycles. The first kappa shape index (κ1) is 13.5. The first-order chi connectivity index (χ1) is 6.79. The van der Waals surface area contributed by atoms with Gasteiger partial charge in [-0.05, 0) is 20.8 Å². The molecule has 0 unspecified atom stereocenters. The molecule has 0 bridgehead atoms. The van der Waals surface area contributed by atoms with Crippen molar-refractivity contribution in [2.24, 2.45) is 0 Å². The van der Waals surface area contributed by atoms with Gasteiger partial charge in [0.1, 0.15) is 6.54 Å². The van der Waals surface area contributed by atoms with Crippen LogP contribution in [0.4, 0.5) is 4.79 Å².